The second kappa shape index (κ2) is 8.76. The fourth-order valence-electron chi connectivity index (χ4n) is 2.18. The lowest BCUT2D eigenvalue weighted by Gasteiger charge is -2.16. The zero-order chi connectivity index (χ0) is 13.6. The van der Waals surface area contributed by atoms with E-state index in [1.807, 2.05) is 6.92 Å². The summed E-state index contributed by atoms with van der Waals surface area (Å²) in [5.41, 5.74) is 5.55. The van der Waals surface area contributed by atoms with Gasteiger partial charge in [0, 0.05) is 13.1 Å². The van der Waals surface area contributed by atoms with Crippen molar-refractivity contribution in [2.75, 3.05) is 31.1 Å². The molecule has 1 saturated heterocycles. The molecular weight excluding hydrogens is 288 g/mol. The molecule has 0 aromatic heterocycles. The summed E-state index contributed by atoms with van der Waals surface area (Å²) in [6.45, 7) is 3.84. The van der Waals surface area contributed by atoms with Crippen molar-refractivity contribution in [3.05, 3.63) is 0 Å². The quantitative estimate of drug-likeness (QED) is 0.706. The van der Waals surface area contributed by atoms with E-state index in [9.17, 15) is 13.2 Å². The van der Waals surface area contributed by atoms with E-state index in [1.54, 1.807) is 4.90 Å². The van der Waals surface area contributed by atoms with Gasteiger partial charge in [-0.25, -0.2) is 8.42 Å². The van der Waals surface area contributed by atoms with Crippen LogP contribution in [-0.2, 0) is 14.6 Å². The van der Waals surface area contributed by atoms with Crippen molar-refractivity contribution >= 4 is 28.2 Å². The Bertz CT molecular complexity index is 373. The zero-order valence-corrected chi connectivity index (χ0v) is 13.1. The summed E-state index contributed by atoms with van der Waals surface area (Å²) < 4.78 is 23.5. The van der Waals surface area contributed by atoms with Crippen LogP contribution in [-0.4, -0.2) is 50.4 Å². The maximum absolute atomic E-state index is 11.9. The predicted octanol–water partition coefficient (Wildman–Crippen LogP) is 0.820. The Morgan fingerprint density at radius 2 is 2.05 bits per heavy atom. The van der Waals surface area contributed by atoms with Crippen molar-refractivity contribution in [3.63, 3.8) is 0 Å². The molecule has 1 unspecified atom stereocenters. The van der Waals surface area contributed by atoms with Gasteiger partial charge >= 0.3 is 0 Å². The fraction of sp³-hybridized carbons (Fsp3) is 0.917. The van der Waals surface area contributed by atoms with Gasteiger partial charge in [0.1, 0.15) is 5.75 Å². The van der Waals surface area contributed by atoms with Crippen molar-refractivity contribution < 1.29 is 13.2 Å². The Hall–Kier alpha value is -0.330. The van der Waals surface area contributed by atoms with Crippen molar-refractivity contribution in [1.29, 1.82) is 0 Å². The van der Waals surface area contributed by atoms with E-state index >= 15 is 0 Å². The number of carbonyl (C=O) groups excluding carboxylic acids is 1. The lowest BCUT2D eigenvalue weighted by atomic mass is 10.1. The van der Waals surface area contributed by atoms with Gasteiger partial charge in [-0.3, -0.25) is 4.79 Å². The summed E-state index contributed by atoms with van der Waals surface area (Å²) in [6, 6.07) is 0. The molecule has 0 saturated carbocycles. The Labute approximate surface area is 122 Å². The van der Waals surface area contributed by atoms with Gasteiger partial charge < -0.3 is 10.6 Å². The van der Waals surface area contributed by atoms with Crippen LogP contribution < -0.4 is 5.73 Å². The van der Waals surface area contributed by atoms with E-state index in [1.165, 1.54) is 0 Å². The van der Waals surface area contributed by atoms with Gasteiger partial charge in [-0.1, -0.05) is 19.8 Å². The van der Waals surface area contributed by atoms with E-state index in [0.29, 0.717) is 32.0 Å². The number of nitrogens with two attached hydrogens (primary N) is 1. The van der Waals surface area contributed by atoms with Crippen LogP contribution in [0.5, 0.6) is 0 Å². The molecule has 1 aliphatic rings. The maximum atomic E-state index is 11.9. The summed E-state index contributed by atoms with van der Waals surface area (Å²) in [5, 5.41) is 0. The normalized spacial score (nSPS) is 19.3. The first-order valence-electron chi connectivity index (χ1n) is 6.66. The minimum Gasteiger partial charge on any atom is -0.341 e. The van der Waals surface area contributed by atoms with E-state index in [4.69, 9.17) is 5.73 Å². The number of carbonyl (C=O) groups is 1. The van der Waals surface area contributed by atoms with Crippen LogP contribution in [0.15, 0.2) is 0 Å². The van der Waals surface area contributed by atoms with Gasteiger partial charge in [0.2, 0.25) is 5.91 Å². The second-order valence-corrected chi connectivity index (χ2v) is 7.21. The maximum Gasteiger partial charge on any atom is 0.237 e. The van der Waals surface area contributed by atoms with Crippen LogP contribution in [0.3, 0.4) is 0 Å². The molecule has 19 heavy (non-hydrogen) atoms. The average molecular weight is 313 g/mol. The summed E-state index contributed by atoms with van der Waals surface area (Å²) >= 11 is 0. The number of rotatable bonds is 7. The van der Waals surface area contributed by atoms with Crippen molar-refractivity contribution in [2.24, 2.45) is 11.7 Å². The molecule has 0 bridgehead atoms. The van der Waals surface area contributed by atoms with Gasteiger partial charge in [-0.05, 0) is 25.3 Å². The van der Waals surface area contributed by atoms with Gasteiger partial charge in [0.15, 0.2) is 9.84 Å². The molecule has 0 aromatic carbocycles. The van der Waals surface area contributed by atoms with Crippen LogP contribution in [0.4, 0.5) is 0 Å². The highest BCUT2D eigenvalue weighted by molar-refractivity contribution is 7.92. The molecule has 0 aromatic rings. The molecule has 1 heterocycles. The minimum absolute atomic E-state index is 0. The number of likely N-dealkylation sites (tertiary alicyclic amines) is 1. The predicted molar refractivity (Wildman–Crippen MR) is 79.2 cm³/mol. The molecule has 5 nitrogen and oxygen atoms in total. The van der Waals surface area contributed by atoms with E-state index in [-0.39, 0.29) is 29.8 Å². The summed E-state index contributed by atoms with van der Waals surface area (Å²) in [5.74, 6) is -0.145. The third-order valence-corrected chi connectivity index (χ3v) is 4.97. The molecule has 0 spiro atoms. The number of amides is 1. The number of halogens is 1. The molecule has 2 N–H and O–H groups in total. The van der Waals surface area contributed by atoms with Crippen molar-refractivity contribution in [3.8, 4) is 0 Å². The third kappa shape index (κ3) is 6.58. The SMILES string of the molecule is CCCCCS(=O)(=O)CC(=O)N1CCC(CN)C1.Cl. The van der Waals surface area contributed by atoms with Crippen LogP contribution in [0.2, 0.25) is 0 Å². The lowest BCUT2D eigenvalue weighted by molar-refractivity contribution is -0.127. The first-order valence-corrected chi connectivity index (χ1v) is 8.49. The molecule has 0 radical (unpaired) electrons. The first kappa shape index (κ1) is 18.7. The van der Waals surface area contributed by atoms with E-state index < -0.39 is 9.84 Å². The molecule has 1 amide bonds. The molecule has 1 atom stereocenters. The fourth-order valence-corrected chi connectivity index (χ4v) is 3.52. The van der Waals surface area contributed by atoms with Crippen molar-refractivity contribution in [1.82, 2.24) is 4.90 Å². The summed E-state index contributed by atoms with van der Waals surface area (Å²) in [7, 11) is -3.24. The molecule has 7 heteroatoms. The Kier molecular flexibility index (Phi) is 8.61. The van der Waals surface area contributed by atoms with Gasteiger partial charge in [0.05, 0.1) is 5.75 Å². The van der Waals surface area contributed by atoms with Gasteiger partial charge in [-0.2, -0.15) is 0 Å². The Morgan fingerprint density at radius 1 is 1.37 bits per heavy atom. The average Bonchev–Trinajstić information content (AvgIpc) is 2.77. The van der Waals surface area contributed by atoms with Crippen LogP contribution in [0.1, 0.15) is 32.6 Å². The van der Waals surface area contributed by atoms with E-state index in [0.717, 1.165) is 19.3 Å². The number of unbranched alkanes of at least 4 members (excludes halogenated alkanes) is 2. The molecule has 1 aliphatic heterocycles. The summed E-state index contributed by atoms with van der Waals surface area (Å²) in [6.07, 6.45) is 3.41. The molecule has 1 fully saturated rings. The third-order valence-electron chi connectivity index (χ3n) is 3.37. The number of hydrogen-bond donors (Lipinski definition) is 1. The first-order chi connectivity index (χ1) is 8.48. The van der Waals surface area contributed by atoms with Gasteiger partial charge in [-0.15, -0.1) is 12.4 Å². The van der Waals surface area contributed by atoms with Crippen LogP contribution in [0, 0.1) is 5.92 Å². The Morgan fingerprint density at radius 3 is 2.58 bits per heavy atom. The van der Waals surface area contributed by atoms with Crippen LogP contribution >= 0.6 is 12.4 Å². The molecule has 1 rings (SSSR count). The standard InChI is InChI=1S/C12H24N2O3S.ClH/c1-2-3-4-7-18(16,17)10-12(15)14-6-5-11(8-13)9-14;/h11H,2-10,13H2,1H3;1H. The summed E-state index contributed by atoms with van der Waals surface area (Å²) in [4.78, 5) is 13.5. The lowest BCUT2D eigenvalue weighted by Crippen LogP contribution is -2.35. The molecular formula is C12H25ClN2O3S. The van der Waals surface area contributed by atoms with Crippen molar-refractivity contribution in [2.45, 2.75) is 32.6 Å². The molecule has 114 valence electrons. The number of nitrogens with zero attached hydrogens (tertiary/aromatic N) is 1. The van der Waals surface area contributed by atoms with Gasteiger partial charge in [0.25, 0.3) is 0 Å². The monoisotopic (exact) mass is 312 g/mol. The minimum atomic E-state index is -3.24. The molecule has 0 aliphatic carbocycles. The highest BCUT2D eigenvalue weighted by atomic mass is 35.5. The number of hydrogen-bond acceptors (Lipinski definition) is 4. The van der Waals surface area contributed by atoms with E-state index in [2.05, 4.69) is 0 Å². The highest BCUT2D eigenvalue weighted by Crippen LogP contribution is 2.15. The topological polar surface area (TPSA) is 80.5 Å². The second-order valence-electron chi connectivity index (χ2n) is 5.03. The number of sulfone groups is 1. The Balaban J connectivity index is 0.00000324. The smallest absolute Gasteiger partial charge is 0.237 e. The highest BCUT2D eigenvalue weighted by Gasteiger charge is 2.28. The largest absolute Gasteiger partial charge is 0.341 e. The zero-order valence-electron chi connectivity index (χ0n) is 11.5. The van der Waals surface area contributed by atoms with Crippen LogP contribution in [0.25, 0.3) is 0 Å².